The highest BCUT2D eigenvalue weighted by Crippen LogP contribution is 2.36. The molecule has 0 nitrogen and oxygen atoms in total. The summed E-state index contributed by atoms with van der Waals surface area (Å²) < 4.78 is 0. The van der Waals surface area contributed by atoms with Crippen LogP contribution in [0.15, 0.2) is 22.3 Å². The molecular weight excluding hydrogens is 156 g/mol. The quantitative estimate of drug-likeness (QED) is 0.561. The van der Waals surface area contributed by atoms with Crippen LogP contribution in [0.1, 0.15) is 33.6 Å². The lowest BCUT2D eigenvalue weighted by molar-refractivity contribution is 0.669. The smallest absolute Gasteiger partial charge is 0.0394 e. The molecule has 1 heteroatoms. The summed E-state index contributed by atoms with van der Waals surface area (Å²) in [5, 5.41) is 0.951. The first-order chi connectivity index (χ1) is 5.16. The molecule has 1 aliphatic carbocycles. The van der Waals surface area contributed by atoms with E-state index in [0.29, 0.717) is 0 Å². The third kappa shape index (κ3) is 1.67. The van der Waals surface area contributed by atoms with Gasteiger partial charge in [-0.1, -0.05) is 30.2 Å². The summed E-state index contributed by atoms with van der Waals surface area (Å²) in [5.74, 6) is 0.735. The molecule has 0 spiro atoms. The van der Waals surface area contributed by atoms with Crippen LogP contribution in [-0.2, 0) is 0 Å². The molecule has 11 heavy (non-hydrogen) atoms. The summed E-state index contributed by atoms with van der Waals surface area (Å²) in [6.45, 7) is 6.45. The summed E-state index contributed by atoms with van der Waals surface area (Å²) in [5.41, 5.74) is 2.86. The Labute approximate surface area is 73.9 Å². The Morgan fingerprint density at radius 3 is 2.64 bits per heavy atom. The van der Waals surface area contributed by atoms with Gasteiger partial charge in [-0.15, -0.1) is 0 Å². The molecule has 1 atom stereocenters. The molecule has 62 valence electrons. The molecule has 0 heterocycles. The first-order valence-corrected chi connectivity index (χ1v) is 4.56. The summed E-state index contributed by atoms with van der Waals surface area (Å²) in [7, 11) is 0. The molecule has 0 amide bonds. The largest absolute Gasteiger partial charge is 0.0844 e. The molecule has 0 N–H and O–H groups in total. The van der Waals surface area contributed by atoms with E-state index in [1.54, 1.807) is 0 Å². The first-order valence-electron chi connectivity index (χ1n) is 4.18. The van der Waals surface area contributed by atoms with E-state index in [2.05, 4.69) is 13.8 Å². The number of rotatable bonds is 1. The number of hydrogen-bond acceptors (Lipinski definition) is 0. The van der Waals surface area contributed by atoms with E-state index in [1.807, 2.05) is 13.0 Å². The van der Waals surface area contributed by atoms with Gasteiger partial charge in [0.2, 0.25) is 0 Å². The molecule has 0 fully saturated rings. The maximum atomic E-state index is 6.03. The van der Waals surface area contributed by atoms with Crippen molar-refractivity contribution in [2.45, 2.75) is 33.6 Å². The summed E-state index contributed by atoms with van der Waals surface area (Å²) in [4.78, 5) is 0. The molecule has 0 bridgehead atoms. The van der Waals surface area contributed by atoms with E-state index in [-0.39, 0.29) is 0 Å². The monoisotopic (exact) mass is 170 g/mol. The van der Waals surface area contributed by atoms with Crippen molar-refractivity contribution in [1.82, 2.24) is 0 Å². The summed E-state index contributed by atoms with van der Waals surface area (Å²) in [6, 6.07) is 0. The van der Waals surface area contributed by atoms with Crippen molar-refractivity contribution >= 4 is 11.6 Å². The van der Waals surface area contributed by atoms with Crippen LogP contribution in [-0.4, -0.2) is 0 Å². The fourth-order valence-corrected chi connectivity index (χ4v) is 1.80. The highest BCUT2D eigenvalue weighted by Gasteiger charge is 2.19. The fraction of sp³-hybridized carbons (Fsp3) is 0.600. The number of allylic oxidation sites excluding steroid dienone is 4. The minimum absolute atomic E-state index is 0.735. The second-order valence-corrected chi connectivity index (χ2v) is 3.65. The lowest BCUT2D eigenvalue weighted by Crippen LogP contribution is -1.87. The fourth-order valence-electron chi connectivity index (χ4n) is 1.55. The van der Waals surface area contributed by atoms with Gasteiger partial charge in [0, 0.05) is 5.03 Å². The van der Waals surface area contributed by atoms with Gasteiger partial charge in [-0.05, 0) is 38.2 Å². The molecule has 1 unspecified atom stereocenters. The Morgan fingerprint density at radius 1 is 1.64 bits per heavy atom. The number of halogens is 1. The zero-order valence-corrected chi connectivity index (χ0v) is 8.20. The third-order valence-electron chi connectivity index (χ3n) is 2.58. The topological polar surface area (TPSA) is 0 Å². The van der Waals surface area contributed by atoms with Gasteiger partial charge >= 0.3 is 0 Å². The Balaban J connectivity index is 2.88. The van der Waals surface area contributed by atoms with Crippen molar-refractivity contribution < 1.29 is 0 Å². The number of hydrogen-bond donors (Lipinski definition) is 0. The highest BCUT2D eigenvalue weighted by molar-refractivity contribution is 6.32. The van der Waals surface area contributed by atoms with Gasteiger partial charge in [0.15, 0.2) is 0 Å². The SMILES string of the molecule is C/C=C(/Cl)C1=C(C)C(C)CC1. The van der Waals surface area contributed by atoms with Crippen LogP contribution in [0.3, 0.4) is 0 Å². The van der Waals surface area contributed by atoms with Crippen molar-refractivity contribution in [3.8, 4) is 0 Å². The third-order valence-corrected chi connectivity index (χ3v) is 3.03. The molecule has 1 rings (SSSR count). The Hall–Kier alpha value is -0.230. The van der Waals surface area contributed by atoms with E-state index >= 15 is 0 Å². The average Bonchev–Trinajstić information content (AvgIpc) is 2.32. The molecule has 0 aromatic carbocycles. The van der Waals surface area contributed by atoms with Gasteiger partial charge in [-0.2, -0.15) is 0 Å². The Kier molecular flexibility index (Phi) is 2.78. The van der Waals surface area contributed by atoms with Crippen molar-refractivity contribution in [2.75, 3.05) is 0 Å². The van der Waals surface area contributed by atoms with Crippen LogP contribution in [0.4, 0.5) is 0 Å². The van der Waals surface area contributed by atoms with Gasteiger partial charge in [0.1, 0.15) is 0 Å². The predicted molar refractivity (Wildman–Crippen MR) is 50.7 cm³/mol. The molecule has 0 radical (unpaired) electrons. The normalized spacial score (nSPS) is 26.5. The summed E-state index contributed by atoms with van der Waals surface area (Å²) in [6.07, 6.45) is 4.42. The second-order valence-electron chi connectivity index (χ2n) is 3.24. The van der Waals surface area contributed by atoms with Gasteiger partial charge in [0.25, 0.3) is 0 Å². The second kappa shape index (κ2) is 3.44. The summed E-state index contributed by atoms with van der Waals surface area (Å²) >= 11 is 6.03. The molecule has 0 saturated carbocycles. The lowest BCUT2D eigenvalue weighted by atomic mass is 10.1. The maximum Gasteiger partial charge on any atom is 0.0394 e. The average molecular weight is 171 g/mol. The van der Waals surface area contributed by atoms with E-state index < -0.39 is 0 Å². The molecule has 0 aliphatic heterocycles. The van der Waals surface area contributed by atoms with E-state index in [1.165, 1.54) is 17.6 Å². The predicted octanol–water partition coefficient (Wildman–Crippen LogP) is 3.88. The van der Waals surface area contributed by atoms with Crippen molar-refractivity contribution in [3.05, 3.63) is 22.3 Å². The maximum absolute atomic E-state index is 6.03. The molecular formula is C10H15Cl. The minimum atomic E-state index is 0.735. The minimum Gasteiger partial charge on any atom is -0.0844 e. The molecule has 0 aromatic heterocycles. The zero-order chi connectivity index (χ0) is 8.43. The van der Waals surface area contributed by atoms with Crippen molar-refractivity contribution in [1.29, 1.82) is 0 Å². The van der Waals surface area contributed by atoms with Crippen molar-refractivity contribution in [3.63, 3.8) is 0 Å². The van der Waals surface area contributed by atoms with Gasteiger partial charge in [-0.25, -0.2) is 0 Å². The van der Waals surface area contributed by atoms with Crippen LogP contribution in [0, 0.1) is 5.92 Å². The van der Waals surface area contributed by atoms with Gasteiger partial charge in [0.05, 0.1) is 0 Å². The highest BCUT2D eigenvalue weighted by atomic mass is 35.5. The van der Waals surface area contributed by atoms with Crippen LogP contribution in [0.5, 0.6) is 0 Å². The van der Waals surface area contributed by atoms with E-state index in [4.69, 9.17) is 11.6 Å². The van der Waals surface area contributed by atoms with Crippen LogP contribution in [0.25, 0.3) is 0 Å². The van der Waals surface area contributed by atoms with Gasteiger partial charge in [-0.3, -0.25) is 0 Å². The van der Waals surface area contributed by atoms with Crippen molar-refractivity contribution in [2.24, 2.45) is 5.92 Å². The Bertz CT molecular complexity index is 211. The standard InChI is InChI=1S/C10H15Cl/c1-4-10(11)9-6-5-7(2)8(9)3/h4,7H,5-6H2,1-3H3/b10-4+. The van der Waals surface area contributed by atoms with Crippen LogP contribution >= 0.6 is 11.6 Å². The molecule has 0 saturated heterocycles. The molecule has 1 aliphatic rings. The first kappa shape index (κ1) is 8.86. The van der Waals surface area contributed by atoms with Crippen LogP contribution < -0.4 is 0 Å². The Morgan fingerprint density at radius 2 is 2.27 bits per heavy atom. The van der Waals surface area contributed by atoms with E-state index in [0.717, 1.165) is 17.4 Å². The van der Waals surface area contributed by atoms with Gasteiger partial charge < -0.3 is 0 Å². The zero-order valence-electron chi connectivity index (χ0n) is 7.45. The van der Waals surface area contributed by atoms with E-state index in [9.17, 15) is 0 Å². The van der Waals surface area contributed by atoms with Crippen LogP contribution in [0.2, 0.25) is 0 Å². The lowest BCUT2D eigenvalue weighted by Gasteiger charge is -2.03. The molecule has 0 aromatic rings.